The lowest BCUT2D eigenvalue weighted by Gasteiger charge is -2.26. The number of fused-ring (bicyclic) bond motifs is 1. The highest BCUT2D eigenvalue weighted by molar-refractivity contribution is 5.71. The molecule has 1 aromatic carbocycles. The van der Waals surface area contributed by atoms with Crippen LogP contribution in [0.3, 0.4) is 0 Å². The zero-order valence-electron chi connectivity index (χ0n) is 12.8. The maximum Gasteiger partial charge on any atom is 0.279 e. The van der Waals surface area contributed by atoms with Gasteiger partial charge in [-0.25, -0.2) is 0 Å². The largest absolute Gasteiger partial charge is 0.465 e. The van der Waals surface area contributed by atoms with Crippen LogP contribution in [0.4, 0.5) is 0 Å². The molecule has 3 N–H and O–H groups in total. The first-order valence-electron chi connectivity index (χ1n) is 7.63. The van der Waals surface area contributed by atoms with E-state index in [0.29, 0.717) is 12.5 Å². The molecule has 0 fully saturated rings. The van der Waals surface area contributed by atoms with Gasteiger partial charge in [-0.05, 0) is 60.4 Å². The number of hydrogen-bond acceptors (Lipinski definition) is 3. The molecule has 1 aromatic heterocycles. The Balaban J connectivity index is 1.92. The maximum absolute atomic E-state index is 7.21. The number of pyridine rings is 1. The SMILES string of the molecule is Cc1ccncc1-c1cccc2c1CC(COC(=N)N)CC2. The van der Waals surface area contributed by atoms with Gasteiger partial charge in [-0.1, -0.05) is 18.2 Å². The first-order chi connectivity index (χ1) is 10.6. The van der Waals surface area contributed by atoms with Gasteiger partial charge < -0.3 is 10.5 Å². The van der Waals surface area contributed by atoms with E-state index < -0.39 is 0 Å². The molecule has 1 aliphatic rings. The molecule has 114 valence electrons. The van der Waals surface area contributed by atoms with Crippen LogP contribution in [0.5, 0.6) is 0 Å². The summed E-state index contributed by atoms with van der Waals surface area (Å²) in [6.07, 6.45) is 6.87. The molecule has 0 aliphatic heterocycles. The number of nitrogens with zero attached hydrogens (tertiary/aromatic N) is 1. The predicted molar refractivity (Wildman–Crippen MR) is 87.8 cm³/mol. The topological polar surface area (TPSA) is 72.0 Å². The van der Waals surface area contributed by atoms with Crippen molar-refractivity contribution < 1.29 is 4.74 Å². The Bertz CT molecular complexity index is 696. The van der Waals surface area contributed by atoms with E-state index in [2.05, 4.69) is 30.1 Å². The van der Waals surface area contributed by atoms with Crippen molar-refractivity contribution in [2.75, 3.05) is 6.61 Å². The molecular formula is C18H21N3O. The average molecular weight is 295 g/mol. The summed E-state index contributed by atoms with van der Waals surface area (Å²) in [5, 5.41) is 7.21. The van der Waals surface area contributed by atoms with Crippen molar-refractivity contribution in [3.05, 3.63) is 53.3 Å². The van der Waals surface area contributed by atoms with Crippen LogP contribution in [0.2, 0.25) is 0 Å². The lowest BCUT2D eigenvalue weighted by atomic mass is 9.80. The van der Waals surface area contributed by atoms with Gasteiger partial charge in [-0.3, -0.25) is 10.4 Å². The molecule has 3 rings (SSSR count). The molecule has 0 saturated carbocycles. The fourth-order valence-corrected chi connectivity index (χ4v) is 3.21. The summed E-state index contributed by atoms with van der Waals surface area (Å²) in [5.74, 6) is 0.412. The number of amidine groups is 1. The van der Waals surface area contributed by atoms with Gasteiger partial charge in [0.15, 0.2) is 0 Å². The predicted octanol–water partition coefficient (Wildman–Crippen LogP) is 3.07. The Morgan fingerprint density at radius 3 is 3.00 bits per heavy atom. The molecule has 1 aliphatic carbocycles. The number of ether oxygens (including phenoxy) is 1. The van der Waals surface area contributed by atoms with Crippen LogP contribution in [0.15, 0.2) is 36.7 Å². The van der Waals surface area contributed by atoms with Gasteiger partial charge in [0.05, 0.1) is 6.61 Å². The molecular weight excluding hydrogens is 274 g/mol. The molecule has 0 spiro atoms. The van der Waals surface area contributed by atoms with Crippen LogP contribution >= 0.6 is 0 Å². The van der Waals surface area contributed by atoms with E-state index in [1.807, 2.05) is 18.5 Å². The Labute approximate surface area is 130 Å². The molecule has 0 saturated heterocycles. The van der Waals surface area contributed by atoms with Gasteiger partial charge in [-0.2, -0.15) is 0 Å². The summed E-state index contributed by atoms with van der Waals surface area (Å²) >= 11 is 0. The van der Waals surface area contributed by atoms with E-state index in [9.17, 15) is 0 Å². The Hall–Kier alpha value is -2.36. The monoisotopic (exact) mass is 295 g/mol. The molecule has 1 atom stereocenters. The number of aryl methyl sites for hydroxylation is 2. The van der Waals surface area contributed by atoms with Crippen molar-refractivity contribution in [3.8, 4) is 11.1 Å². The highest BCUT2D eigenvalue weighted by atomic mass is 16.5. The Morgan fingerprint density at radius 1 is 1.36 bits per heavy atom. The van der Waals surface area contributed by atoms with Crippen molar-refractivity contribution in [2.45, 2.75) is 26.2 Å². The van der Waals surface area contributed by atoms with Gasteiger partial charge in [-0.15, -0.1) is 0 Å². The van der Waals surface area contributed by atoms with E-state index in [4.69, 9.17) is 15.9 Å². The van der Waals surface area contributed by atoms with E-state index in [0.717, 1.165) is 19.3 Å². The third-order valence-corrected chi connectivity index (χ3v) is 4.39. The van der Waals surface area contributed by atoms with Crippen molar-refractivity contribution in [3.63, 3.8) is 0 Å². The molecule has 2 aromatic rings. The van der Waals surface area contributed by atoms with Gasteiger partial charge >= 0.3 is 0 Å². The number of aromatic nitrogens is 1. The minimum absolute atomic E-state index is 0.192. The zero-order chi connectivity index (χ0) is 15.5. The third kappa shape index (κ3) is 2.96. The number of rotatable bonds is 3. The van der Waals surface area contributed by atoms with Gasteiger partial charge in [0.1, 0.15) is 0 Å². The average Bonchev–Trinajstić information content (AvgIpc) is 2.53. The second-order valence-corrected chi connectivity index (χ2v) is 5.92. The molecule has 0 bridgehead atoms. The summed E-state index contributed by atoms with van der Waals surface area (Å²) < 4.78 is 5.21. The minimum atomic E-state index is -0.192. The van der Waals surface area contributed by atoms with Crippen molar-refractivity contribution >= 4 is 6.02 Å². The smallest absolute Gasteiger partial charge is 0.279 e. The fraction of sp³-hybridized carbons (Fsp3) is 0.333. The lowest BCUT2D eigenvalue weighted by molar-refractivity contribution is 0.218. The molecule has 0 amide bonds. The number of nitrogens with one attached hydrogen (secondary N) is 1. The van der Waals surface area contributed by atoms with Crippen molar-refractivity contribution in [1.29, 1.82) is 5.41 Å². The van der Waals surface area contributed by atoms with Crippen LogP contribution in [0, 0.1) is 18.3 Å². The maximum atomic E-state index is 7.21. The number of benzene rings is 1. The molecule has 22 heavy (non-hydrogen) atoms. The molecule has 1 heterocycles. The van der Waals surface area contributed by atoms with E-state index >= 15 is 0 Å². The minimum Gasteiger partial charge on any atom is -0.465 e. The normalized spacial score (nSPS) is 16.9. The first-order valence-corrected chi connectivity index (χ1v) is 7.63. The number of nitrogens with two attached hydrogens (primary N) is 1. The summed E-state index contributed by atoms with van der Waals surface area (Å²) in [4.78, 5) is 4.28. The van der Waals surface area contributed by atoms with Crippen LogP contribution in [0.1, 0.15) is 23.1 Å². The highest BCUT2D eigenvalue weighted by Gasteiger charge is 2.22. The van der Waals surface area contributed by atoms with Gasteiger partial charge in [0.2, 0.25) is 0 Å². The van der Waals surface area contributed by atoms with Crippen LogP contribution in [-0.4, -0.2) is 17.6 Å². The molecule has 1 unspecified atom stereocenters. The fourth-order valence-electron chi connectivity index (χ4n) is 3.21. The zero-order valence-corrected chi connectivity index (χ0v) is 12.8. The Kier molecular flexibility index (Phi) is 4.09. The summed E-state index contributed by atoms with van der Waals surface area (Å²) in [5.41, 5.74) is 11.8. The van der Waals surface area contributed by atoms with Gasteiger partial charge in [0, 0.05) is 18.0 Å². The lowest BCUT2D eigenvalue weighted by Crippen LogP contribution is -2.24. The quantitative estimate of drug-likeness (QED) is 0.675. The van der Waals surface area contributed by atoms with Gasteiger partial charge in [0.25, 0.3) is 6.02 Å². The number of hydrogen-bond donors (Lipinski definition) is 2. The summed E-state index contributed by atoms with van der Waals surface area (Å²) in [7, 11) is 0. The van der Waals surface area contributed by atoms with Crippen molar-refractivity contribution in [1.82, 2.24) is 4.98 Å². The van der Waals surface area contributed by atoms with Crippen LogP contribution in [-0.2, 0) is 17.6 Å². The standard InChI is InChI=1S/C18H21N3O/c1-12-7-8-21-10-17(12)15-4-2-3-14-6-5-13(9-16(14)15)11-22-18(19)20/h2-4,7-8,10,13H,5-6,9,11H2,1H3,(H3,19,20). The highest BCUT2D eigenvalue weighted by Crippen LogP contribution is 2.34. The van der Waals surface area contributed by atoms with E-state index in [1.54, 1.807) is 0 Å². The molecule has 4 nitrogen and oxygen atoms in total. The second kappa shape index (κ2) is 6.18. The molecule has 4 heteroatoms. The third-order valence-electron chi connectivity index (χ3n) is 4.39. The van der Waals surface area contributed by atoms with E-state index in [-0.39, 0.29) is 6.02 Å². The first kappa shape index (κ1) is 14.6. The van der Waals surface area contributed by atoms with E-state index in [1.165, 1.54) is 27.8 Å². The van der Waals surface area contributed by atoms with Crippen molar-refractivity contribution in [2.24, 2.45) is 11.7 Å². The van der Waals surface area contributed by atoms with Crippen LogP contribution in [0.25, 0.3) is 11.1 Å². The molecule has 0 radical (unpaired) electrons. The van der Waals surface area contributed by atoms with Crippen LogP contribution < -0.4 is 5.73 Å². The summed E-state index contributed by atoms with van der Waals surface area (Å²) in [6.45, 7) is 2.64. The summed E-state index contributed by atoms with van der Waals surface area (Å²) in [6, 6.07) is 8.38. The Morgan fingerprint density at radius 2 is 2.23 bits per heavy atom. The second-order valence-electron chi connectivity index (χ2n) is 5.92.